The highest BCUT2D eigenvalue weighted by atomic mass is 32.1. The van der Waals surface area contributed by atoms with Crippen molar-refractivity contribution >= 4 is 31.8 Å². The van der Waals surface area contributed by atoms with Crippen molar-refractivity contribution in [1.29, 1.82) is 0 Å². The number of aromatic nitrogens is 3. The first-order valence-corrected chi connectivity index (χ1v) is 9.37. The minimum absolute atomic E-state index is 0.0126. The molecule has 0 N–H and O–H groups in total. The van der Waals surface area contributed by atoms with E-state index in [2.05, 4.69) is 25.4 Å². The maximum absolute atomic E-state index is 12.7. The number of allylic oxidation sites excluding steroid dienone is 1. The molecule has 0 amide bonds. The summed E-state index contributed by atoms with van der Waals surface area (Å²) in [6, 6.07) is 0. The minimum Gasteiger partial charge on any atom is -0.294 e. The summed E-state index contributed by atoms with van der Waals surface area (Å²) in [6.45, 7) is 8.60. The van der Waals surface area contributed by atoms with E-state index in [1.807, 2.05) is 0 Å². The summed E-state index contributed by atoms with van der Waals surface area (Å²) in [5.41, 5.74) is 4.84. The Morgan fingerprint density at radius 2 is 2.08 bits per heavy atom. The summed E-state index contributed by atoms with van der Waals surface area (Å²) >= 11 is 1.49. The van der Waals surface area contributed by atoms with Gasteiger partial charge in [0.2, 0.25) is 0 Å². The van der Waals surface area contributed by atoms with Gasteiger partial charge < -0.3 is 0 Å². The number of aryl methyl sites for hydroxylation is 1. The molecule has 3 aromatic rings. The molecule has 4 nitrogen and oxygen atoms in total. The molecule has 0 fully saturated rings. The van der Waals surface area contributed by atoms with Crippen molar-refractivity contribution in [2.75, 3.05) is 0 Å². The number of fused-ring (bicyclic) bond motifs is 5. The molecule has 0 radical (unpaired) electrons. The fraction of sp³-hybridized carbons (Fsp3) is 0.421. The second kappa shape index (κ2) is 5.81. The van der Waals surface area contributed by atoms with Crippen LogP contribution in [-0.4, -0.2) is 14.5 Å². The van der Waals surface area contributed by atoms with Crippen LogP contribution in [0.5, 0.6) is 0 Å². The van der Waals surface area contributed by atoms with Gasteiger partial charge in [-0.1, -0.05) is 19.9 Å². The number of pyridine rings is 1. The van der Waals surface area contributed by atoms with E-state index in [-0.39, 0.29) is 5.56 Å². The molecule has 3 heterocycles. The normalized spacial score (nSPS) is 14.5. The number of hydrogen-bond acceptors (Lipinski definition) is 4. The molecular weight excluding hydrogens is 318 g/mol. The van der Waals surface area contributed by atoms with Gasteiger partial charge in [-0.25, -0.2) is 9.97 Å². The van der Waals surface area contributed by atoms with Crippen molar-refractivity contribution in [3.63, 3.8) is 0 Å². The number of hydrogen-bond donors (Lipinski definition) is 0. The van der Waals surface area contributed by atoms with Crippen LogP contribution in [0.15, 0.2) is 23.8 Å². The lowest BCUT2D eigenvalue weighted by Crippen LogP contribution is -2.18. The number of nitrogens with zero attached hydrogens (tertiary/aromatic N) is 3. The molecule has 3 aromatic heterocycles. The van der Waals surface area contributed by atoms with Crippen LogP contribution in [0.3, 0.4) is 0 Å². The average molecular weight is 339 g/mol. The highest BCUT2D eigenvalue weighted by molar-refractivity contribution is 7.25. The zero-order chi connectivity index (χ0) is 16.8. The lowest BCUT2D eigenvalue weighted by Gasteiger charge is -2.21. The van der Waals surface area contributed by atoms with Crippen LogP contribution in [0.2, 0.25) is 0 Å². The summed E-state index contributed by atoms with van der Waals surface area (Å²) in [5, 5.41) is 1.12. The Balaban J connectivity index is 2.11. The molecule has 24 heavy (non-hydrogen) atoms. The van der Waals surface area contributed by atoms with Crippen LogP contribution in [0.25, 0.3) is 20.4 Å². The van der Waals surface area contributed by atoms with Gasteiger partial charge in [-0.05, 0) is 42.7 Å². The number of thiophene rings is 1. The third kappa shape index (κ3) is 2.22. The largest absolute Gasteiger partial charge is 0.294 e. The maximum atomic E-state index is 12.7. The van der Waals surface area contributed by atoms with Crippen molar-refractivity contribution < 1.29 is 0 Å². The molecular formula is C19H21N3OS. The van der Waals surface area contributed by atoms with Crippen LogP contribution in [0.1, 0.15) is 49.4 Å². The fourth-order valence-electron chi connectivity index (χ4n) is 3.73. The van der Waals surface area contributed by atoms with E-state index in [1.54, 1.807) is 17.0 Å². The van der Waals surface area contributed by atoms with Gasteiger partial charge >= 0.3 is 0 Å². The van der Waals surface area contributed by atoms with Gasteiger partial charge in [-0.15, -0.1) is 17.9 Å². The first-order valence-electron chi connectivity index (χ1n) is 8.56. The van der Waals surface area contributed by atoms with Gasteiger partial charge in [-0.2, -0.15) is 0 Å². The summed E-state index contributed by atoms with van der Waals surface area (Å²) < 4.78 is 2.33. The van der Waals surface area contributed by atoms with Crippen LogP contribution in [0, 0.1) is 0 Å². The third-order valence-electron chi connectivity index (χ3n) is 4.82. The van der Waals surface area contributed by atoms with E-state index in [9.17, 15) is 4.79 Å². The van der Waals surface area contributed by atoms with Gasteiger partial charge in [0.25, 0.3) is 5.56 Å². The van der Waals surface area contributed by atoms with Crippen molar-refractivity contribution in [1.82, 2.24) is 14.5 Å². The Morgan fingerprint density at radius 3 is 2.79 bits per heavy atom. The van der Waals surface area contributed by atoms with Crippen molar-refractivity contribution in [2.45, 2.75) is 52.0 Å². The van der Waals surface area contributed by atoms with Crippen molar-refractivity contribution in [2.24, 2.45) is 0 Å². The van der Waals surface area contributed by atoms with Crippen LogP contribution >= 0.6 is 11.3 Å². The predicted molar refractivity (Wildman–Crippen MR) is 100 cm³/mol. The Hall–Kier alpha value is -2.01. The molecule has 0 aliphatic heterocycles. The zero-order valence-electron chi connectivity index (χ0n) is 14.1. The summed E-state index contributed by atoms with van der Waals surface area (Å²) in [4.78, 5) is 23.3. The first kappa shape index (κ1) is 15.5. The molecule has 1 aliphatic rings. The van der Waals surface area contributed by atoms with Gasteiger partial charge in [-0.3, -0.25) is 9.36 Å². The summed E-state index contributed by atoms with van der Waals surface area (Å²) in [5.74, 6) is 0.400. The molecule has 0 aromatic carbocycles. The molecule has 1 aliphatic carbocycles. The standard InChI is InChI=1S/C19H21N3OS/c1-4-9-22-10-20-16-14-12-7-5-6-8-13(12)15(11(2)3)21-18(14)24-17(16)19(22)23/h4,10-11H,1,5-9H2,2-3H3. The third-order valence-corrected chi connectivity index (χ3v) is 5.88. The molecule has 4 rings (SSSR count). The highest BCUT2D eigenvalue weighted by Gasteiger charge is 2.24. The SMILES string of the molecule is C=CCn1cnc2c(sc3nc(C(C)C)c4c(c32)CCCC4)c1=O. The molecule has 124 valence electrons. The van der Waals surface area contributed by atoms with Crippen LogP contribution < -0.4 is 5.56 Å². The fourth-order valence-corrected chi connectivity index (χ4v) is 4.84. The predicted octanol–water partition coefficient (Wildman–Crippen LogP) is 4.19. The van der Waals surface area contributed by atoms with Gasteiger partial charge in [0.1, 0.15) is 9.53 Å². The van der Waals surface area contributed by atoms with Gasteiger partial charge in [0.15, 0.2) is 0 Å². The quantitative estimate of drug-likeness (QED) is 0.672. The van der Waals surface area contributed by atoms with E-state index in [0.717, 1.165) is 33.3 Å². The smallest absolute Gasteiger partial charge is 0.271 e. The molecule has 0 saturated carbocycles. The topological polar surface area (TPSA) is 47.8 Å². The summed E-state index contributed by atoms with van der Waals surface area (Å²) in [7, 11) is 0. The Bertz CT molecular complexity index is 1010. The zero-order valence-corrected chi connectivity index (χ0v) is 14.9. The van der Waals surface area contributed by atoms with E-state index >= 15 is 0 Å². The first-order chi connectivity index (χ1) is 11.6. The molecule has 0 atom stereocenters. The van der Waals surface area contributed by atoms with E-state index < -0.39 is 0 Å². The summed E-state index contributed by atoms with van der Waals surface area (Å²) in [6.07, 6.45) is 7.95. The molecule has 0 unspecified atom stereocenters. The molecule has 5 heteroatoms. The average Bonchev–Trinajstić information content (AvgIpc) is 2.96. The van der Waals surface area contributed by atoms with Crippen LogP contribution in [-0.2, 0) is 19.4 Å². The lowest BCUT2D eigenvalue weighted by atomic mass is 9.86. The van der Waals surface area contributed by atoms with E-state index in [4.69, 9.17) is 4.98 Å². The van der Waals surface area contributed by atoms with Crippen LogP contribution in [0.4, 0.5) is 0 Å². The van der Waals surface area contributed by atoms with Crippen molar-refractivity contribution in [3.05, 3.63) is 46.2 Å². The van der Waals surface area contributed by atoms with Gasteiger partial charge in [0.05, 0.1) is 11.8 Å². The maximum Gasteiger partial charge on any atom is 0.271 e. The van der Waals surface area contributed by atoms with E-state index in [0.29, 0.717) is 12.5 Å². The highest BCUT2D eigenvalue weighted by Crippen LogP contribution is 2.39. The Kier molecular flexibility index (Phi) is 3.76. The second-order valence-corrected chi connectivity index (χ2v) is 7.77. The lowest BCUT2D eigenvalue weighted by molar-refractivity contribution is 0.667. The minimum atomic E-state index is 0.0126. The second-order valence-electron chi connectivity index (χ2n) is 6.77. The Morgan fingerprint density at radius 1 is 1.33 bits per heavy atom. The molecule has 0 spiro atoms. The molecule has 0 bridgehead atoms. The number of rotatable bonds is 3. The monoisotopic (exact) mass is 339 g/mol. The van der Waals surface area contributed by atoms with Crippen molar-refractivity contribution in [3.8, 4) is 0 Å². The van der Waals surface area contributed by atoms with Gasteiger partial charge in [0, 0.05) is 17.6 Å². The Labute approximate surface area is 144 Å². The van der Waals surface area contributed by atoms with E-state index in [1.165, 1.54) is 41.0 Å². The molecule has 0 saturated heterocycles.